The number of likely N-dealkylation sites (tertiary alicyclic amines) is 1. The second-order valence-corrected chi connectivity index (χ2v) is 8.56. The van der Waals surface area contributed by atoms with Crippen LogP contribution in [0.2, 0.25) is 0 Å². The molecular weight excluding hydrogens is 395 g/mol. The maximum absolute atomic E-state index is 13.5. The van der Waals surface area contributed by atoms with Gasteiger partial charge < -0.3 is 10.2 Å². The molecule has 1 aromatic carbocycles. The number of hydrogen-bond acceptors (Lipinski definition) is 4. The van der Waals surface area contributed by atoms with Crippen molar-refractivity contribution in [2.45, 2.75) is 32.1 Å². The van der Waals surface area contributed by atoms with E-state index in [1.807, 2.05) is 22.8 Å². The van der Waals surface area contributed by atoms with E-state index in [1.54, 1.807) is 12.1 Å². The molecule has 2 aliphatic rings. The Hall–Kier alpha value is -2.80. The highest BCUT2D eigenvalue weighted by Gasteiger charge is 2.27. The number of piperazine rings is 1. The Labute approximate surface area is 182 Å². The average Bonchev–Trinajstić information content (AvgIpc) is 2.73. The van der Waals surface area contributed by atoms with Gasteiger partial charge in [-0.2, -0.15) is 0 Å². The van der Waals surface area contributed by atoms with E-state index in [1.165, 1.54) is 6.07 Å². The number of pyridine rings is 1. The number of nitrogens with one attached hydrogen (secondary N) is 1. The second-order valence-electron chi connectivity index (χ2n) is 8.56. The third kappa shape index (κ3) is 5.67. The van der Waals surface area contributed by atoms with Crippen molar-refractivity contribution in [2.24, 2.45) is 0 Å². The van der Waals surface area contributed by atoms with Crippen molar-refractivity contribution in [1.29, 1.82) is 0 Å². The molecule has 2 aliphatic heterocycles. The van der Waals surface area contributed by atoms with Crippen LogP contribution in [0.15, 0.2) is 36.4 Å². The van der Waals surface area contributed by atoms with Crippen molar-refractivity contribution in [3.63, 3.8) is 0 Å². The molecule has 164 valence electrons. The summed E-state index contributed by atoms with van der Waals surface area (Å²) in [6, 6.07) is 10.9. The summed E-state index contributed by atoms with van der Waals surface area (Å²) in [6.45, 7) is 5.32. The molecule has 0 atom stereocenters. The first-order chi connectivity index (χ1) is 15.0. The maximum Gasteiger partial charge on any atom is 0.236 e. The number of carbonyl (C=O) groups excluding carboxylic acids is 2. The van der Waals surface area contributed by atoms with Gasteiger partial charge in [0.25, 0.3) is 0 Å². The van der Waals surface area contributed by atoms with Crippen LogP contribution in [0.3, 0.4) is 0 Å². The number of hydrogen-bond donors (Lipinski definition) is 1. The van der Waals surface area contributed by atoms with E-state index in [-0.39, 0.29) is 17.6 Å². The Balaban J connectivity index is 1.35. The minimum absolute atomic E-state index is 0.0164. The van der Waals surface area contributed by atoms with E-state index in [4.69, 9.17) is 4.98 Å². The predicted octanol–water partition coefficient (Wildman–Crippen LogP) is 2.26. The minimum Gasteiger partial charge on any atom is -0.354 e. The van der Waals surface area contributed by atoms with E-state index < -0.39 is 0 Å². The Morgan fingerprint density at radius 3 is 2.71 bits per heavy atom. The number of aryl methyl sites for hydroxylation is 1. The first kappa shape index (κ1) is 21.4. The van der Waals surface area contributed by atoms with Crippen molar-refractivity contribution in [2.75, 3.05) is 39.3 Å². The molecule has 2 aromatic rings. The quantitative estimate of drug-likeness (QED) is 0.800. The normalized spacial score (nSPS) is 18.1. The standard InChI is InChI=1S/C24H29FN4O2/c1-17-11-19(12-18-3-2-4-21(25)13-18)14-22(27-17)20-5-8-29(9-6-20)24(31)16-28-10-7-26-23(30)15-28/h2-4,11,13-14,20H,5-10,12,15-16H2,1H3,(H,26,30). The number of amides is 2. The molecule has 0 unspecified atom stereocenters. The van der Waals surface area contributed by atoms with Crippen molar-refractivity contribution >= 4 is 11.8 Å². The average molecular weight is 425 g/mol. The van der Waals surface area contributed by atoms with E-state index in [2.05, 4.69) is 17.4 Å². The molecule has 1 aromatic heterocycles. The number of piperidine rings is 1. The van der Waals surface area contributed by atoms with Crippen LogP contribution in [0.4, 0.5) is 4.39 Å². The number of rotatable bonds is 5. The van der Waals surface area contributed by atoms with Crippen LogP contribution in [-0.2, 0) is 16.0 Å². The molecule has 0 bridgehead atoms. The molecule has 0 aliphatic carbocycles. The highest BCUT2D eigenvalue weighted by atomic mass is 19.1. The van der Waals surface area contributed by atoms with Gasteiger partial charge in [0.2, 0.25) is 11.8 Å². The van der Waals surface area contributed by atoms with Crippen LogP contribution in [0.5, 0.6) is 0 Å². The Morgan fingerprint density at radius 2 is 1.97 bits per heavy atom. The first-order valence-electron chi connectivity index (χ1n) is 10.9. The van der Waals surface area contributed by atoms with Crippen LogP contribution in [-0.4, -0.2) is 65.9 Å². The van der Waals surface area contributed by atoms with E-state index in [0.717, 1.165) is 41.9 Å². The molecule has 4 rings (SSSR count). The zero-order chi connectivity index (χ0) is 21.8. The van der Waals surface area contributed by atoms with Gasteiger partial charge in [0, 0.05) is 43.5 Å². The fraction of sp³-hybridized carbons (Fsp3) is 0.458. The van der Waals surface area contributed by atoms with E-state index >= 15 is 0 Å². The number of carbonyl (C=O) groups is 2. The fourth-order valence-electron chi connectivity index (χ4n) is 4.50. The molecule has 0 saturated carbocycles. The van der Waals surface area contributed by atoms with Crippen LogP contribution in [0.1, 0.15) is 41.3 Å². The minimum atomic E-state index is -0.217. The third-order valence-corrected chi connectivity index (χ3v) is 6.07. The molecule has 31 heavy (non-hydrogen) atoms. The smallest absolute Gasteiger partial charge is 0.236 e. The summed E-state index contributed by atoms with van der Waals surface area (Å²) in [5, 5.41) is 2.78. The SMILES string of the molecule is Cc1cc(Cc2cccc(F)c2)cc(C2CCN(C(=O)CN3CCNC(=O)C3)CC2)n1. The first-order valence-corrected chi connectivity index (χ1v) is 10.9. The Morgan fingerprint density at radius 1 is 1.16 bits per heavy atom. The van der Waals surface area contributed by atoms with Gasteiger partial charge in [0.05, 0.1) is 13.1 Å². The summed E-state index contributed by atoms with van der Waals surface area (Å²) in [5.74, 6) is 0.177. The van der Waals surface area contributed by atoms with Crippen molar-refractivity contribution < 1.29 is 14.0 Å². The number of benzene rings is 1. The molecule has 3 heterocycles. The predicted molar refractivity (Wildman–Crippen MR) is 116 cm³/mol. The van der Waals surface area contributed by atoms with Gasteiger partial charge >= 0.3 is 0 Å². The van der Waals surface area contributed by atoms with E-state index in [9.17, 15) is 14.0 Å². The van der Waals surface area contributed by atoms with Crippen molar-refractivity contribution in [1.82, 2.24) is 20.1 Å². The van der Waals surface area contributed by atoms with Gasteiger partial charge in [0.1, 0.15) is 5.82 Å². The number of nitrogens with zero attached hydrogens (tertiary/aromatic N) is 3. The fourth-order valence-corrected chi connectivity index (χ4v) is 4.50. The molecule has 6 nitrogen and oxygen atoms in total. The van der Waals surface area contributed by atoms with Gasteiger partial charge in [-0.05, 0) is 61.6 Å². The summed E-state index contributed by atoms with van der Waals surface area (Å²) in [5.41, 5.74) is 4.11. The van der Waals surface area contributed by atoms with Gasteiger partial charge in [-0.1, -0.05) is 12.1 Å². The zero-order valence-electron chi connectivity index (χ0n) is 17.9. The Kier molecular flexibility index (Phi) is 6.61. The molecule has 0 spiro atoms. The molecule has 1 N–H and O–H groups in total. The van der Waals surface area contributed by atoms with Crippen LogP contribution < -0.4 is 5.32 Å². The van der Waals surface area contributed by atoms with Gasteiger partial charge in [-0.25, -0.2) is 4.39 Å². The molecule has 2 saturated heterocycles. The maximum atomic E-state index is 13.5. The van der Waals surface area contributed by atoms with E-state index in [0.29, 0.717) is 45.1 Å². The molecule has 2 fully saturated rings. The summed E-state index contributed by atoms with van der Waals surface area (Å²) >= 11 is 0. The lowest BCUT2D eigenvalue weighted by atomic mass is 9.91. The second kappa shape index (κ2) is 9.56. The molecule has 7 heteroatoms. The third-order valence-electron chi connectivity index (χ3n) is 6.07. The summed E-state index contributed by atoms with van der Waals surface area (Å²) < 4.78 is 13.5. The van der Waals surface area contributed by atoms with Crippen molar-refractivity contribution in [3.8, 4) is 0 Å². The lowest BCUT2D eigenvalue weighted by molar-refractivity contribution is -0.134. The topological polar surface area (TPSA) is 65.5 Å². The van der Waals surface area contributed by atoms with Gasteiger partial charge in [0.15, 0.2) is 0 Å². The molecule has 2 amide bonds. The summed E-state index contributed by atoms with van der Waals surface area (Å²) in [6.07, 6.45) is 2.43. The van der Waals surface area contributed by atoms with Crippen molar-refractivity contribution in [3.05, 3.63) is 64.7 Å². The number of aromatic nitrogens is 1. The summed E-state index contributed by atoms with van der Waals surface area (Å²) in [7, 11) is 0. The number of halogens is 1. The van der Waals surface area contributed by atoms with Gasteiger partial charge in [-0.3, -0.25) is 19.5 Å². The van der Waals surface area contributed by atoms with Gasteiger partial charge in [-0.15, -0.1) is 0 Å². The largest absolute Gasteiger partial charge is 0.354 e. The Bertz CT molecular complexity index is 956. The van der Waals surface area contributed by atoms with Crippen LogP contribution in [0, 0.1) is 12.7 Å². The monoisotopic (exact) mass is 424 g/mol. The lowest BCUT2D eigenvalue weighted by Crippen LogP contribution is -2.51. The van der Waals surface area contributed by atoms with Crippen LogP contribution in [0.25, 0.3) is 0 Å². The molecular formula is C24H29FN4O2. The highest BCUT2D eigenvalue weighted by molar-refractivity contribution is 5.82. The highest BCUT2D eigenvalue weighted by Crippen LogP contribution is 2.28. The zero-order valence-corrected chi connectivity index (χ0v) is 17.9. The van der Waals surface area contributed by atoms with Crippen LogP contribution >= 0.6 is 0 Å². The lowest BCUT2D eigenvalue weighted by Gasteiger charge is -2.34. The summed E-state index contributed by atoms with van der Waals surface area (Å²) in [4.78, 5) is 32.8. The molecule has 0 radical (unpaired) electrons.